The second kappa shape index (κ2) is 9.57. The van der Waals surface area contributed by atoms with E-state index >= 15 is 0 Å². The molecule has 0 bridgehead atoms. The average Bonchev–Trinajstić information content (AvgIpc) is 3.08. The van der Waals surface area contributed by atoms with E-state index in [1.165, 1.54) is 16.4 Å². The zero-order valence-electron chi connectivity index (χ0n) is 15.6. The molecule has 28 heavy (non-hydrogen) atoms. The molecule has 1 heterocycles. The summed E-state index contributed by atoms with van der Waals surface area (Å²) in [6.07, 6.45) is 0.835. The summed E-state index contributed by atoms with van der Waals surface area (Å²) in [6, 6.07) is 12.8. The van der Waals surface area contributed by atoms with Crippen LogP contribution in [0, 0.1) is 0 Å². The first-order valence-corrected chi connectivity index (χ1v) is 9.92. The van der Waals surface area contributed by atoms with Crippen LogP contribution in [-0.4, -0.2) is 41.5 Å². The smallest absolute Gasteiger partial charge is 0.210 e. The monoisotopic (exact) mass is 420 g/mol. The summed E-state index contributed by atoms with van der Waals surface area (Å²) < 4.78 is 17.8. The summed E-state index contributed by atoms with van der Waals surface area (Å²) in [5, 5.41) is 9.71. The van der Waals surface area contributed by atoms with Gasteiger partial charge in [-0.25, -0.2) is 4.68 Å². The highest BCUT2D eigenvalue weighted by atomic mass is 35.5. The Labute approximate surface area is 172 Å². The van der Waals surface area contributed by atoms with Crippen molar-refractivity contribution >= 4 is 23.4 Å². The van der Waals surface area contributed by atoms with E-state index in [2.05, 4.69) is 10.2 Å². The van der Waals surface area contributed by atoms with E-state index < -0.39 is 0 Å². The molecule has 0 atom stereocenters. The highest BCUT2D eigenvalue weighted by molar-refractivity contribution is 7.99. The number of thioether (sulfide) groups is 1. The topological polar surface area (TPSA) is 84.4 Å². The summed E-state index contributed by atoms with van der Waals surface area (Å²) in [6.45, 7) is 0.590. The van der Waals surface area contributed by atoms with Crippen molar-refractivity contribution in [3.63, 3.8) is 0 Å². The van der Waals surface area contributed by atoms with E-state index in [-0.39, 0.29) is 0 Å². The summed E-state index contributed by atoms with van der Waals surface area (Å²) in [7, 11) is 3.19. The summed E-state index contributed by atoms with van der Waals surface area (Å²) in [5.41, 5.74) is 0.747. The standard InChI is InChI=1S/C19H21ClN4O3S/c1-25-15-8-9-16(17(12-15)26-2)18-22-23-19(24(18)21)28-11-3-10-27-14-6-4-13(20)5-7-14/h4-9,12H,3,10-11,21H2,1-2H3. The van der Waals surface area contributed by atoms with Gasteiger partial charge in [0.1, 0.15) is 17.2 Å². The van der Waals surface area contributed by atoms with Crippen LogP contribution in [0.1, 0.15) is 6.42 Å². The van der Waals surface area contributed by atoms with Crippen LogP contribution in [0.3, 0.4) is 0 Å². The van der Waals surface area contributed by atoms with Crippen LogP contribution in [0.15, 0.2) is 47.6 Å². The lowest BCUT2D eigenvalue weighted by molar-refractivity contribution is 0.318. The highest BCUT2D eigenvalue weighted by Gasteiger charge is 2.16. The van der Waals surface area contributed by atoms with Gasteiger partial charge in [-0.1, -0.05) is 23.4 Å². The summed E-state index contributed by atoms with van der Waals surface area (Å²) in [4.78, 5) is 0. The molecule has 0 spiro atoms. The number of halogens is 1. The minimum absolute atomic E-state index is 0.527. The van der Waals surface area contributed by atoms with Gasteiger partial charge >= 0.3 is 0 Å². The van der Waals surface area contributed by atoms with Gasteiger partial charge < -0.3 is 20.1 Å². The fourth-order valence-corrected chi connectivity index (χ4v) is 3.38. The predicted octanol–water partition coefficient (Wildman–Crippen LogP) is 3.89. The van der Waals surface area contributed by atoms with Gasteiger partial charge in [0.25, 0.3) is 0 Å². The third-order valence-electron chi connectivity index (χ3n) is 3.92. The second-order valence-corrected chi connectivity index (χ2v) is 7.25. The Kier molecular flexibility index (Phi) is 6.89. The number of aromatic nitrogens is 3. The number of nitrogen functional groups attached to an aromatic ring is 1. The van der Waals surface area contributed by atoms with Crippen molar-refractivity contribution in [3.8, 4) is 28.6 Å². The number of nitrogens with zero attached hydrogens (tertiary/aromatic N) is 3. The van der Waals surface area contributed by atoms with E-state index in [0.717, 1.165) is 23.5 Å². The fourth-order valence-electron chi connectivity index (χ4n) is 2.49. The zero-order valence-corrected chi connectivity index (χ0v) is 17.2. The molecule has 2 N–H and O–H groups in total. The molecule has 0 saturated carbocycles. The SMILES string of the molecule is COc1ccc(-c2nnc(SCCCOc3ccc(Cl)cc3)n2N)c(OC)c1. The lowest BCUT2D eigenvalue weighted by atomic mass is 10.2. The lowest BCUT2D eigenvalue weighted by Gasteiger charge is -2.10. The molecule has 7 nitrogen and oxygen atoms in total. The van der Waals surface area contributed by atoms with Crippen molar-refractivity contribution in [2.45, 2.75) is 11.6 Å². The first-order valence-electron chi connectivity index (χ1n) is 8.56. The fraction of sp³-hybridized carbons (Fsp3) is 0.263. The van der Waals surface area contributed by atoms with Crippen LogP contribution in [0.4, 0.5) is 0 Å². The van der Waals surface area contributed by atoms with Gasteiger partial charge in [0.2, 0.25) is 5.16 Å². The Hall–Kier alpha value is -2.58. The van der Waals surface area contributed by atoms with E-state index in [4.69, 9.17) is 31.7 Å². The normalized spacial score (nSPS) is 10.7. The molecule has 0 saturated heterocycles. The molecule has 0 unspecified atom stereocenters. The molecule has 0 fully saturated rings. The maximum atomic E-state index is 6.19. The molecule has 0 aliphatic carbocycles. The first kappa shape index (κ1) is 20.2. The van der Waals surface area contributed by atoms with Crippen molar-refractivity contribution < 1.29 is 14.2 Å². The van der Waals surface area contributed by atoms with Crippen molar-refractivity contribution in [1.82, 2.24) is 14.9 Å². The average molecular weight is 421 g/mol. The maximum absolute atomic E-state index is 6.19. The number of methoxy groups -OCH3 is 2. The van der Waals surface area contributed by atoms with E-state index in [1.807, 2.05) is 24.3 Å². The molecule has 1 aromatic heterocycles. The number of nitrogens with two attached hydrogens (primary N) is 1. The number of rotatable bonds is 9. The third-order valence-corrected chi connectivity index (χ3v) is 5.20. The van der Waals surface area contributed by atoms with Crippen molar-refractivity contribution in [1.29, 1.82) is 0 Å². The van der Waals surface area contributed by atoms with Crippen molar-refractivity contribution in [2.75, 3.05) is 32.4 Å². The Morgan fingerprint density at radius 1 is 1.04 bits per heavy atom. The number of hydrogen-bond acceptors (Lipinski definition) is 7. The molecule has 2 aromatic carbocycles. The molecule has 148 valence electrons. The van der Waals surface area contributed by atoms with Crippen LogP contribution >= 0.6 is 23.4 Å². The highest BCUT2D eigenvalue weighted by Crippen LogP contribution is 2.33. The van der Waals surface area contributed by atoms with E-state index in [1.54, 1.807) is 32.4 Å². The molecule has 0 radical (unpaired) electrons. The number of hydrogen-bond donors (Lipinski definition) is 1. The van der Waals surface area contributed by atoms with E-state index in [0.29, 0.717) is 34.1 Å². The predicted molar refractivity (Wildman–Crippen MR) is 111 cm³/mol. The Balaban J connectivity index is 1.57. The second-order valence-electron chi connectivity index (χ2n) is 5.75. The molecule has 3 rings (SSSR count). The van der Waals surface area contributed by atoms with Crippen molar-refractivity contribution in [2.24, 2.45) is 0 Å². The van der Waals surface area contributed by atoms with Gasteiger partial charge in [0.15, 0.2) is 5.82 Å². The lowest BCUT2D eigenvalue weighted by Crippen LogP contribution is -2.12. The van der Waals surface area contributed by atoms with Crippen LogP contribution in [-0.2, 0) is 0 Å². The van der Waals surface area contributed by atoms with Crippen LogP contribution < -0.4 is 20.1 Å². The van der Waals surface area contributed by atoms with Gasteiger partial charge in [-0.15, -0.1) is 10.2 Å². The van der Waals surface area contributed by atoms with Crippen LogP contribution in [0.25, 0.3) is 11.4 Å². The largest absolute Gasteiger partial charge is 0.497 e. The van der Waals surface area contributed by atoms with Gasteiger partial charge in [0, 0.05) is 16.8 Å². The molecule has 3 aromatic rings. The van der Waals surface area contributed by atoms with Gasteiger partial charge in [-0.05, 0) is 42.8 Å². The Morgan fingerprint density at radius 3 is 2.50 bits per heavy atom. The Bertz CT molecular complexity index is 918. The van der Waals surface area contributed by atoms with Crippen LogP contribution in [0.5, 0.6) is 17.2 Å². The Morgan fingerprint density at radius 2 is 1.79 bits per heavy atom. The molecular formula is C19H21ClN4O3S. The van der Waals surface area contributed by atoms with Gasteiger partial charge in [0.05, 0.1) is 26.4 Å². The summed E-state index contributed by atoms with van der Waals surface area (Å²) in [5.74, 6) is 9.62. The molecule has 0 aliphatic heterocycles. The first-order chi connectivity index (χ1) is 13.6. The minimum Gasteiger partial charge on any atom is -0.497 e. The van der Waals surface area contributed by atoms with E-state index in [9.17, 15) is 0 Å². The quantitative estimate of drug-likeness (QED) is 0.319. The molecular weight excluding hydrogens is 400 g/mol. The molecule has 0 amide bonds. The third kappa shape index (κ3) is 4.82. The van der Waals surface area contributed by atoms with Crippen molar-refractivity contribution in [3.05, 3.63) is 47.5 Å². The molecule has 0 aliphatic rings. The molecule has 9 heteroatoms. The zero-order chi connectivity index (χ0) is 19.9. The van der Waals surface area contributed by atoms with Crippen LogP contribution in [0.2, 0.25) is 5.02 Å². The maximum Gasteiger partial charge on any atom is 0.210 e. The van der Waals surface area contributed by atoms with Gasteiger partial charge in [-0.2, -0.15) is 0 Å². The summed E-state index contributed by atoms with van der Waals surface area (Å²) >= 11 is 7.38. The number of benzene rings is 2. The minimum atomic E-state index is 0.527. The number of ether oxygens (including phenoxy) is 3. The van der Waals surface area contributed by atoms with Gasteiger partial charge in [-0.3, -0.25) is 0 Å².